The van der Waals surface area contributed by atoms with Crippen molar-refractivity contribution in [2.45, 2.75) is 63.0 Å². The molecule has 0 bridgehead atoms. The predicted octanol–water partition coefficient (Wildman–Crippen LogP) is 2.61. The Hall–Kier alpha value is -0.280. The molecule has 4 heteroatoms. The molecular weight excluding hydrogens is 238 g/mol. The molecule has 0 radical (unpaired) electrons. The second-order valence-corrected chi connectivity index (χ2v) is 5.61. The molecule has 2 rings (SSSR count). The van der Waals surface area contributed by atoms with Crippen LogP contribution in [0.2, 0.25) is 0 Å². The molecule has 1 aliphatic heterocycles. The van der Waals surface area contributed by atoms with Crippen molar-refractivity contribution in [3.63, 3.8) is 0 Å². The maximum atomic E-state index is 11.9. The van der Waals surface area contributed by atoms with Gasteiger partial charge in [-0.25, -0.2) is 0 Å². The molecule has 2 aliphatic rings. The highest BCUT2D eigenvalue weighted by Gasteiger charge is 2.34. The second kappa shape index (κ2) is 6.05. The van der Waals surface area contributed by atoms with Gasteiger partial charge in [-0.3, -0.25) is 4.79 Å². The summed E-state index contributed by atoms with van der Waals surface area (Å²) in [6, 6.07) is 0. The minimum atomic E-state index is -0.116. The van der Waals surface area contributed by atoms with Gasteiger partial charge in [0.25, 0.3) is 0 Å². The van der Waals surface area contributed by atoms with Gasteiger partial charge >= 0.3 is 0 Å². The number of hydrogen-bond acceptors (Lipinski definition) is 2. The third-order valence-electron chi connectivity index (χ3n) is 3.94. The summed E-state index contributed by atoms with van der Waals surface area (Å²) in [7, 11) is 0. The molecule has 2 fully saturated rings. The maximum absolute atomic E-state index is 11.9. The summed E-state index contributed by atoms with van der Waals surface area (Å²) in [6.45, 7) is 0.859. The van der Waals surface area contributed by atoms with Crippen LogP contribution in [0, 0.1) is 0 Å². The molecule has 1 saturated heterocycles. The first-order valence-electron chi connectivity index (χ1n) is 6.73. The Labute approximate surface area is 108 Å². The monoisotopic (exact) mass is 259 g/mol. The summed E-state index contributed by atoms with van der Waals surface area (Å²) < 4.78 is 5.52. The number of rotatable bonds is 5. The second-order valence-electron chi connectivity index (χ2n) is 5.34. The van der Waals surface area contributed by atoms with Gasteiger partial charge in [0.1, 0.15) is 0 Å². The molecule has 0 aromatic rings. The van der Waals surface area contributed by atoms with Gasteiger partial charge in [-0.15, -0.1) is 11.6 Å². The van der Waals surface area contributed by atoms with Crippen LogP contribution in [-0.4, -0.2) is 30.0 Å². The van der Waals surface area contributed by atoms with Gasteiger partial charge in [-0.2, -0.15) is 0 Å². The van der Waals surface area contributed by atoms with E-state index in [1.165, 1.54) is 12.8 Å². The van der Waals surface area contributed by atoms with E-state index in [1.807, 2.05) is 0 Å². The van der Waals surface area contributed by atoms with Gasteiger partial charge in [-0.05, 0) is 32.1 Å². The first-order valence-corrected chi connectivity index (χ1v) is 7.26. The predicted molar refractivity (Wildman–Crippen MR) is 68.3 cm³/mol. The highest BCUT2D eigenvalue weighted by molar-refractivity contribution is 6.18. The molecule has 0 aromatic heterocycles. The lowest BCUT2D eigenvalue weighted by Crippen LogP contribution is -2.48. The van der Waals surface area contributed by atoms with Crippen LogP contribution in [0.15, 0.2) is 0 Å². The van der Waals surface area contributed by atoms with Crippen molar-refractivity contribution < 1.29 is 9.53 Å². The van der Waals surface area contributed by atoms with Crippen molar-refractivity contribution in [1.29, 1.82) is 0 Å². The topological polar surface area (TPSA) is 38.3 Å². The fourth-order valence-electron chi connectivity index (χ4n) is 2.87. The number of carbonyl (C=O) groups is 1. The minimum Gasteiger partial charge on any atom is -0.378 e. The Morgan fingerprint density at radius 3 is 2.71 bits per heavy atom. The summed E-state index contributed by atoms with van der Waals surface area (Å²) in [6.07, 6.45) is 8.39. The molecule has 1 heterocycles. The number of carbonyl (C=O) groups excluding carboxylic acids is 1. The average molecular weight is 260 g/mol. The molecule has 1 atom stereocenters. The zero-order valence-corrected chi connectivity index (χ0v) is 11.1. The molecule has 17 heavy (non-hydrogen) atoms. The Morgan fingerprint density at radius 1 is 1.35 bits per heavy atom. The number of nitrogens with one attached hydrogen (secondary N) is 1. The van der Waals surface area contributed by atoms with Crippen LogP contribution in [0.25, 0.3) is 0 Å². The van der Waals surface area contributed by atoms with Crippen molar-refractivity contribution in [3.8, 4) is 0 Å². The van der Waals surface area contributed by atoms with Gasteiger partial charge in [0, 0.05) is 18.9 Å². The molecule has 3 nitrogen and oxygen atoms in total. The molecular formula is C13H22ClNO2. The number of halogens is 1. The number of hydrogen-bond donors (Lipinski definition) is 1. The van der Waals surface area contributed by atoms with Crippen LogP contribution < -0.4 is 5.32 Å². The van der Waals surface area contributed by atoms with Crippen LogP contribution in [0.3, 0.4) is 0 Å². The van der Waals surface area contributed by atoms with E-state index in [0.29, 0.717) is 18.4 Å². The minimum absolute atomic E-state index is 0.116. The molecule has 1 amide bonds. The van der Waals surface area contributed by atoms with Crippen LogP contribution in [0.4, 0.5) is 0 Å². The van der Waals surface area contributed by atoms with Crippen molar-refractivity contribution in [2.75, 3.05) is 12.5 Å². The van der Waals surface area contributed by atoms with E-state index < -0.39 is 0 Å². The number of alkyl halides is 1. The molecule has 1 aliphatic carbocycles. The van der Waals surface area contributed by atoms with Crippen LogP contribution >= 0.6 is 11.6 Å². The van der Waals surface area contributed by atoms with Gasteiger partial charge in [0.05, 0.1) is 11.6 Å². The lowest BCUT2D eigenvalue weighted by Gasteiger charge is -2.28. The highest BCUT2D eigenvalue weighted by atomic mass is 35.5. The Bertz CT molecular complexity index is 258. The summed E-state index contributed by atoms with van der Waals surface area (Å²) in [4.78, 5) is 11.9. The number of ether oxygens (including phenoxy) is 1. The van der Waals surface area contributed by atoms with Gasteiger partial charge < -0.3 is 10.1 Å². The van der Waals surface area contributed by atoms with Crippen molar-refractivity contribution >= 4 is 17.5 Å². The molecule has 0 aromatic carbocycles. The molecule has 0 spiro atoms. The maximum Gasteiger partial charge on any atom is 0.220 e. The Morgan fingerprint density at radius 2 is 2.12 bits per heavy atom. The lowest BCUT2D eigenvalue weighted by atomic mass is 10.00. The summed E-state index contributed by atoms with van der Waals surface area (Å²) in [5, 5.41) is 3.14. The highest BCUT2D eigenvalue weighted by Crippen LogP contribution is 2.30. The average Bonchev–Trinajstić information content (AvgIpc) is 2.98. The van der Waals surface area contributed by atoms with Gasteiger partial charge in [-0.1, -0.05) is 12.8 Å². The first-order chi connectivity index (χ1) is 8.24. The van der Waals surface area contributed by atoms with Crippen LogP contribution in [-0.2, 0) is 9.53 Å². The summed E-state index contributed by atoms with van der Waals surface area (Å²) in [5.74, 6) is 0.682. The van der Waals surface area contributed by atoms with Crippen LogP contribution in [0.1, 0.15) is 51.4 Å². The van der Waals surface area contributed by atoms with E-state index >= 15 is 0 Å². The SMILES string of the molecule is O=C(CCC1CCCO1)NC1(CCl)CCCC1. The molecule has 1 N–H and O–H groups in total. The molecule has 98 valence electrons. The fourth-order valence-corrected chi connectivity index (χ4v) is 3.20. The lowest BCUT2D eigenvalue weighted by molar-refractivity contribution is -0.123. The fraction of sp³-hybridized carbons (Fsp3) is 0.923. The van der Waals surface area contributed by atoms with Crippen LogP contribution in [0.5, 0.6) is 0 Å². The largest absolute Gasteiger partial charge is 0.378 e. The summed E-state index contributed by atoms with van der Waals surface area (Å²) in [5.41, 5.74) is -0.116. The third-order valence-corrected chi connectivity index (χ3v) is 4.45. The molecule has 1 unspecified atom stereocenters. The van der Waals surface area contributed by atoms with E-state index in [4.69, 9.17) is 16.3 Å². The first kappa shape index (κ1) is 13.2. The van der Waals surface area contributed by atoms with Crippen molar-refractivity contribution in [3.05, 3.63) is 0 Å². The van der Waals surface area contributed by atoms with Gasteiger partial charge in [0.15, 0.2) is 0 Å². The Balaban J connectivity index is 1.72. The van der Waals surface area contributed by atoms with E-state index in [-0.39, 0.29) is 11.4 Å². The van der Waals surface area contributed by atoms with Crippen molar-refractivity contribution in [1.82, 2.24) is 5.32 Å². The van der Waals surface area contributed by atoms with Crippen molar-refractivity contribution in [2.24, 2.45) is 0 Å². The van der Waals surface area contributed by atoms with E-state index in [0.717, 1.165) is 38.7 Å². The zero-order valence-electron chi connectivity index (χ0n) is 10.3. The standard InChI is InChI=1S/C13H22ClNO2/c14-10-13(7-1-2-8-13)15-12(16)6-5-11-4-3-9-17-11/h11H,1-10H2,(H,15,16). The quantitative estimate of drug-likeness (QED) is 0.771. The van der Waals surface area contributed by atoms with E-state index in [1.54, 1.807) is 0 Å². The Kier molecular flexibility index (Phi) is 4.69. The van der Waals surface area contributed by atoms with Gasteiger partial charge in [0.2, 0.25) is 5.91 Å². The normalized spacial score (nSPS) is 27.2. The smallest absolute Gasteiger partial charge is 0.220 e. The third kappa shape index (κ3) is 3.59. The molecule has 1 saturated carbocycles. The number of amides is 1. The van der Waals surface area contributed by atoms with E-state index in [9.17, 15) is 4.79 Å². The zero-order chi connectivity index (χ0) is 12.1. The summed E-state index contributed by atoms with van der Waals surface area (Å²) >= 11 is 6.00. The van der Waals surface area contributed by atoms with E-state index in [2.05, 4.69) is 5.32 Å².